The van der Waals surface area contributed by atoms with E-state index in [1.165, 1.54) is 18.5 Å². The van der Waals surface area contributed by atoms with E-state index in [1.807, 2.05) is 47.6 Å². The van der Waals surface area contributed by atoms with Crippen molar-refractivity contribution in [2.24, 2.45) is 0 Å². The maximum atomic E-state index is 13.1. The minimum Gasteiger partial charge on any atom is -0.369 e. The van der Waals surface area contributed by atoms with Crippen LogP contribution in [-0.2, 0) is 0 Å². The summed E-state index contributed by atoms with van der Waals surface area (Å²) >= 11 is 0. The average molecular weight is 375 g/mol. The molecule has 2 aliphatic rings. The van der Waals surface area contributed by atoms with E-state index in [9.17, 15) is 4.79 Å². The largest absolute Gasteiger partial charge is 0.369 e. The first-order chi connectivity index (χ1) is 13.8. The minimum absolute atomic E-state index is 0.109. The summed E-state index contributed by atoms with van der Waals surface area (Å²) in [5.41, 5.74) is 3.00. The number of carbonyl (C=O) groups is 1. The third kappa shape index (κ3) is 2.99. The number of piperazine rings is 1. The van der Waals surface area contributed by atoms with E-state index in [4.69, 9.17) is 0 Å². The Morgan fingerprint density at radius 2 is 1.68 bits per heavy atom. The van der Waals surface area contributed by atoms with E-state index in [0.717, 1.165) is 48.5 Å². The van der Waals surface area contributed by atoms with E-state index in [-0.39, 0.29) is 5.91 Å². The molecule has 0 saturated carbocycles. The number of carbonyl (C=O) groups excluding carboxylic acids is 1. The second kappa shape index (κ2) is 7.19. The molecule has 0 spiro atoms. The molecule has 6 heteroatoms. The Labute approximate surface area is 164 Å². The van der Waals surface area contributed by atoms with Gasteiger partial charge < -0.3 is 19.7 Å². The number of aromatic amines is 1. The molecule has 0 atom stereocenters. The first-order valence-electron chi connectivity index (χ1n) is 10.1. The van der Waals surface area contributed by atoms with Gasteiger partial charge in [0.15, 0.2) is 5.82 Å². The third-order valence-corrected chi connectivity index (χ3v) is 5.90. The quantitative estimate of drug-likeness (QED) is 0.764. The second-order valence-corrected chi connectivity index (χ2v) is 7.57. The molecule has 2 aromatic heterocycles. The number of hydrogen-bond acceptors (Lipinski definition) is 4. The fourth-order valence-corrected chi connectivity index (χ4v) is 4.38. The van der Waals surface area contributed by atoms with Crippen LogP contribution < -0.4 is 9.80 Å². The Kier molecular flexibility index (Phi) is 4.39. The summed E-state index contributed by atoms with van der Waals surface area (Å²) in [7, 11) is 0. The van der Waals surface area contributed by atoms with Gasteiger partial charge in [0.1, 0.15) is 0 Å². The molecule has 3 aromatic rings. The maximum absolute atomic E-state index is 13.1. The van der Waals surface area contributed by atoms with Crippen LogP contribution in [0.15, 0.2) is 48.8 Å². The average Bonchev–Trinajstić information content (AvgIpc) is 3.44. The number of H-pyrrole nitrogens is 1. The normalized spacial score (nSPS) is 17.5. The lowest BCUT2D eigenvalue weighted by Gasteiger charge is -2.37. The first kappa shape index (κ1) is 17.1. The van der Waals surface area contributed by atoms with Crippen molar-refractivity contribution in [3.8, 4) is 0 Å². The molecule has 0 aliphatic carbocycles. The van der Waals surface area contributed by atoms with Crippen molar-refractivity contribution < 1.29 is 4.79 Å². The minimum atomic E-state index is 0.109. The first-order valence-corrected chi connectivity index (χ1v) is 10.1. The summed E-state index contributed by atoms with van der Waals surface area (Å²) in [4.78, 5) is 27.7. The lowest BCUT2D eigenvalue weighted by atomic mass is 10.1. The zero-order chi connectivity index (χ0) is 18.9. The Balaban J connectivity index is 1.31. The zero-order valence-corrected chi connectivity index (χ0v) is 16.0. The van der Waals surface area contributed by atoms with Gasteiger partial charge in [-0.05, 0) is 31.0 Å². The van der Waals surface area contributed by atoms with Crippen LogP contribution in [0.4, 0.5) is 11.5 Å². The number of nitrogens with zero attached hydrogens (tertiary/aromatic N) is 4. The number of hydrogen-bond donors (Lipinski definition) is 1. The van der Waals surface area contributed by atoms with Gasteiger partial charge in [0.2, 0.25) is 0 Å². The highest BCUT2D eigenvalue weighted by Gasteiger charge is 2.27. The highest BCUT2D eigenvalue weighted by molar-refractivity contribution is 6.06. The number of anilines is 2. The standard InChI is InChI=1S/C22H25N5O/c28-22(18-16-24-19-7-2-1-6-17(18)19)27-14-12-26(13-15-27)21-20(8-5-9-23-21)25-10-3-4-11-25/h1-2,5-9,16,24H,3-4,10-15H2. The number of para-hydroxylation sites is 1. The van der Waals surface area contributed by atoms with Crippen LogP contribution in [0, 0.1) is 0 Å². The molecule has 2 saturated heterocycles. The van der Waals surface area contributed by atoms with E-state index < -0.39 is 0 Å². The summed E-state index contributed by atoms with van der Waals surface area (Å²) < 4.78 is 0. The van der Waals surface area contributed by atoms with Crippen LogP contribution in [0.1, 0.15) is 23.2 Å². The molecule has 4 heterocycles. The fourth-order valence-electron chi connectivity index (χ4n) is 4.38. The van der Waals surface area contributed by atoms with Crippen LogP contribution in [0.2, 0.25) is 0 Å². The summed E-state index contributed by atoms with van der Waals surface area (Å²) in [6.07, 6.45) is 6.21. The second-order valence-electron chi connectivity index (χ2n) is 7.57. The van der Waals surface area contributed by atoms with Crippen LogP contribution in [0.3, 0.4) is 0 Å². The SMILES string of the molecule is O=C(c1c[nH]c2ccccc12)N1CCN(c2ncccc2N2CCCC2)CC1. The molecule has 1 amide bonds. The maximum Gasteiger partial charge on any atom is 0.256 e. The van der Waals surface area contributed by atoms with Crippen molar-refractivity contribution in [2.45, 2.75) is 12.8 Å². The molecular formula is C22H25N5O. The number of nitrogens with one attached hydrogen (secondary N) is 1. The Bertz CT molecular complexity index is 983. The van der Waals surface area contributed by atoms with E-state index in [0.29, 0.717) is 13.1 Å². The highest BCUT2D eigenvalue weighted by atomic mass is 16.2. The number of rotatable bonds is 3. The molecule has 1 aromatic carbocycles. The number of fused-ring (bicyclic) bond motifs is 1. The number of benzene rings is 1. The van der Waals surface area contributed by atoms with Gasteiger partial charge in [-0.2, -0.15) is 0 Å². The van der Waals surface area contributed by atoms with Crippen LogP contribution in [0.5, 0.6) is 0 Å². The van der Waals surface area contributed by atoms with E-state index in [2.05, 4.69) is 25.8 Å². The van der Waals surface area contributed by atoms with Gasteiger partial charge in [-0.25, -0.2) is 4.98 Å². The third-order valence-electron chi connectivity index (χ3n) is 5.90. The van der Waals surface area contributed by atoms with Crippen molar-refractivity contribution in [1.29, 1.82) is 0 Å². The number of aromatic nitrogens is 2. The number of amides is 1. The number of pyridine rings is 1. The van der Waals surface area contributed by atoms with Crippen LogP contribution in [-0.4, -0.2) is 60.0 Å². The van der Waals surface area contributed by atoms with Crippen molar-refractivity contribution in [2.75, 3.05) is 49.1 Å². The fraction of sp³-hybridized carbons (Fsp3) is 0.364. The zero-order valence-electron chi connectivity index (χ0n) is 16.0. The molecule has 2 aliphatic heterocycles. The summed E-state index contributed by atoms with van der Waals surface area (Å²) in [5.74, 6) is 1.17. The van der Waals surface area contributed by atoms with Crippen molar-refractivity contribution >= 4 is 28.3 Å². The van der Waals surface area contributed by atoms with Crippen molar-refractivity contribution in [3.63, 3.8) is 0 Å². The van der Waals surface area contributed by atoms with Gasteiger partial charge in [-0.15, -0.1) is 0 Å². The molecule has 6 nitrogen and oxygen atoms in total. The Morgan fingerprint density at radius 3 is 2.50 bits per heavy atom. The van der Waals surface area contributed by atoms with Crippen molar-refractivity contribution in [3.05, 3.63) is 54.4 Å². The topological polar surface area (TPSA) is 55.5 Å². The van der Waals surface area contributed by atoms with Gasteiger partial charge in [0.05, 0.1) is 11.3 Å². The molecule has 5 rings (SSSR count). The van der Waals surface area contributed by atoms with Crippen LogP contribution >= 0.6 is 0 Å². The highest BCUT2D eigenvalue weighted by Crippen LogP contribution is 2.30. The molecule has 144 valence electrons. The molecule has 28 heavy (non-hydrogen) atoms. The van der Waals surface area contributed by atoms with E-state index in [1.54, 1.807) is 0 Å². The summed E-state index contributed by atoms with van der Waals surface area (Å²) in [6, 6.07) is 12.2. The van der Waals surface area contributed by atoms with Gasteiger partial charge in [0.25, 0.3) is 5.91 Å². The monoisotopic (exact) mass is 375 g/mol. The van der Waals surface area contributed by atoms with E-state index >= 15 is 0 Å². The molecule has 2 fully saturated rings. The van der Waals surface area contributed by atoms with Gasteiger partial charge in [-0.3, -0.25) is 4.79 Å². The lowest BCUT2D eigenvalue weighted by Crippen LogP contribution is -2.49. The molecule has 0 bridgehead atoms. The smallest absolute Gasteiger partial charge is 0.256 e. The Hall–Kier alpha value is -3.02. The molecule has 0 radical (unpaired) electrons. The summed E-state index contributed by atoms with van der Waals surface area (Å²) in [5, 5.41) is 0.996. The lowest BCUT2D eigenvalue weighted by molar-refractivity contribution is 0.0748. The predicted octanol–water partition coefficient (Wildman–Crippen LogP) is 3.13. The van der Waals surface area contributed by atoms with Gasteiger partial charge in [0, 0.05) is 62.6 Å². The molecule has 0 unspecified atom stereocenters. The molecular weight excluding hydrogens is 350 g/mol. The molecule has 1 N–H and O–H groups in total. The van der Waals surface area contributed by atoms with Gasteiger partial charge >= 0.3 is 0 Å². The van der Waals surface area contributed by atoms with Crippen molar-refractivity contribution in [1.82, 2.24) is 14.9 Å². The van der Waals surface area contributed by atoms with Crippen LogP contribution in [0.25, 0.3) is 10.9 Å². The predicted molar refractivity (Wildman–Crippen MR) is 112 cm³/mol. The van der Waals surface area contributed by atoms with Gasteiger partial charge in [-0.1, -0.05) is 18.2 Å². The Morgan fingerprint density at radius 1 is 0.893 bits per heavy atom. The summed E-state index contributed by atoms with van der Waals surface area (Å²) in [6.45, 7) is 5.27.